The SMILES string of the molecule is CCOC(=O)c1ccc(NC(=O)[C@H]2CNC[C@@H]2c2cnn(C)c2)cc1. The number of amides is 1. The molecule has 1 amide bonds. The van der Waals surface area contributed by atoms with Crippen LogP contribution in [0.5, 0.6) is 0 Å². The number of nitrogens with one attached hydrogen (secondary N) is 2. The standard InChI is InChI=1S/C18H22N4O3/c1-3-25-18(24)12-4-6-14(7-5-12)21-17(23)16-10-19-9-15(16)13-8-20-22(2)11-13/h4-8,11,15-16,19H,3,9-10H2,1-2H3,(H,21,23)/t15-,16+/m1/s1. The molecular formula is C18H22N4O3. The molecule has 25 heavy (non-hydrogen) atoms. The Kier molecular flexibility index (Phi) is 5.14. The number of aryl methyl sites for hydroxylation is 1. The molecule has 0 aliphatic carbocycles. The molecule has 1 aliphatic heterocycles. The van der Waals surface area contributed by atoms with Crippen LogP contribution >= 0.6 is 0 Å². The summed E-state index contributed by atoms with van der Waals surface area (Å²) >= 11 is 0. The van der Waals surface area contributed by atoms with Gasteiger partial charge in [-0.25, -0.2) is 4.79 Å². The lowest BCUT2D eigenvalue weighted by atomic mass is 9.90. The zero-order valence-electron chi connectivity index (χ0n) is 14.4. The smallest absolute Gasteiger partial charge is 0.338 e. The van der Waals surface area contributed by atoms with Crippen LogP contribution in [-0.4, -0.2) is 41.4 Å². The van der Waals surface area contributed by atoms with Gasteiger partial charge in [-0.2, -0.15) is 5.10 Å². The van der Waals surface area contributed by atoms with Gasteiger partial charge in [0.05, 0.1) is 24.3 Å². The minimum Gasteiger partial charge on any atom is -0.462 e. The van der Waals surface area contributed by atoms with E-state index in [4.69, 9.17) is 4.74 Å². The Morgan fingerprint density at radius 1 is 1.32 bits per heavy atom. The molecule has 0 unspecified atom stereocenters. The van der Waals surface area contributed by atoms with E-state index >= 15 is 0 Å². The second-order valence-corrected chi connectivity index (χ2v) is 6.11. The number of carbonyl (C=O) groups is 2. The van der Waals surface area contributed by atoms with Crippen molar-refractivity contribution in [3.63, 3.8) is 0 Å². The van der Waals surface area contributed by atoms with Crippen LogP contribution in [0.1, 0.15) is 28.8 Å². The third-order valence-corrected chi connectivity index (χ3v) is 4.37. The predicted octanol–water partition coefficient (Wildman–Crippen LogP) is 1.54. The van der Waals surface area contributed by atoms with Gasteiger partial charge in [0.1, 0.15) is 0 Å². The number of esters is 1. The summed E-state index contributed by atoms with van der Waals surface area (Å²) in [7, 11) is 1.87. The monoisotopic (exact) mass is 342 g/mol. The van der Waals surface area contributed by atoms with Gasteiger partial charge < -0.3 is 15.4 Å². The van der Waals surface area contributed by atoms with Crippen molar-refractivity contribution in [2.45, 2.75) is 12.8 Å². The van der Waals surface area contributed by atoms with Gasteiger partial charge in [0, 0.05) is 37.9 Å². The van der Waals surface area contributed by atoms with E-state index in [0.717, 1.165) is 12.1 Å². The van der Waals surface area contributed by atoms with Gasteiger partial charge in [-0.1, -0.05) is 0 Å². The number of benzene rings is 1. The van der Waals surface area contributed by atoms with Crippen molar-refractivity contribution in [1.82, 2.24) is 15.1 Å². The first-order chi connectivity index (χ1) is 12.1. The number of aromatic nitrogens is 2. The molecule has 132 valence electrons. The largest absolute Gasteiger partial charge is 0.462 e. The van der Waals surface area contributed by atoms with E-state index in [0.29, 0.717) is 24.4 Å². The molecule has 0 spiro atoms. The molecule has 3 rings (SSSR count). The second kappa shape index (κ2) is 7.48. The van der Waals surface area contributed by atoms with Gasteiger partial charge in [0.2, 0.25) is 5.91 Å². The van der Waals surface area contributed by atoms with Crippen LogP contribution in [0, 0.1) is 5.92 Å². The Morgan fingerprint density at radius 3 is 2.72 bits per heavy atom. The van der Waals surface area contributed by atoms with Crippen molar-refractivity contribution in [1.29, 1.82) is 0 Å². The van der Waals surface area contributed by atoms with E-state index in [-0.39, 0.29) is 23.7 Å². The summed E-state index contributed by atoms with van der Waals surface area (Å²) in [6.45, 7) is 3.49. The van der Waals surface area contributed by atoms with Gasteiger partial charge in [0.25, 0.3) is 0 Å². The molecule has 1 aromatic carbocycles. The lowest BCUT2D eigenvalue weighted by molar-refractivity contribution is -0.119. The normalized spacial score (nSPS) is 19.6. The minimum absolute atomic E-state index is 0.0391. The first-order valence-electron chi connectivity index (χ1n) is 8.35. The molecule has 7 nitrogen and oxygen atoms in total. The lowest BCUT2D eigenvalue weighted by Gasteiger charge is -2.17. The molecule has 0 radical (unpaired) electrons. The highest BCUT2D eigenvalue weighted by Crippen LogP contribution is 2.28. The average Bonchev–Trinajstić information content (AvgIpc) is 3.24. The summed E-state index contributed by atoms with van der Waals surface area (Å²) in [5, 5.41) is 10.4. The Morgan fingerprint density at radius 2 is 2.08 bits per heavy atom. The van der Waals surface area contributed by atoms with Gasteiger partial charge >= 0.3 is 5.97 Å². The number of hydrogen-bond donors (Lipinski definition) is 2. The van der Waals surface area contributed by atoms with Crippen molar-refractivity contribution in [2.24, 2.45) is 13.0 Å². The molecule has 1 fully saturated rings. The molecule has 1 saturated heterocycles. The molecule has 1 aliphatic rings. The molecule has 7 heteroatoms. The van der Waals surface area contributed by atoms with E-state index < -0.39 is 0 Å². The number of hydrogen-bond acceptors (Lipinski definition) is 5. The Balaban J connectivity index is 1.66. The summed E-state index contributed by atoms with van der Waals surface area (Å²) in [5.41, 5.74) is 2.19. The van der Waals surface area contributed by atoms with Crippen LogP contribution in [0.3, 0.4) is 0 Å². The molecule has 2 aromatic rings. The summed E-state index contributed by atoms with van der Waals surface area (Å²) in [5.74, 6) is -0.457. The van der Waals surface area contributed by atoms with Crippen molar-refractivity contribution in [3.8, 4) is 0 Å². The van der Waals surface area contributed by atoms with Crippen LogP contribution in [0.2, 0.25) is 0 Å². The average molecular weight is 342 g/mol. The molecular weight excluding hydrogens is 320 g/mol. The van der Waals surface area contributed by atoms with Gasteiger partial charge in [0.15, 0.2) is 0 Å². The van der Waals surface area contributed by atoms with Gasteiger partial charge in [-0.15, -0.1) is 0 Å². The second-order valence-electron chi connectivity index (χ2n) is 6.11. The van der Waals surface area contributed by atoms with Crippen molar-refractivity contribution in [3.05, 3.63) is 47.8 Å². The maximum Gasteiger partial charge on any atom is 0.338 e. The molecule has 1 aromatic heterocycles. The van der Waals surface area contributed by atoms with Crippen LogP contribution < -0.4 is 10.6 Å². The number of nitrogens with zero attached hydrogens (tertiary/aromatic N) is 2. The van der Waals surface area contributed by atoms with Crippen LogP contribution in [-0.2, 0) is 16.6 Å². The van der Waals surface area contributed by atoms with Crippen LogP contribution in [0.4, 0.5) is 5.69 Å². The minimum atomic E-state index is -0.364. The number of rotatable bonds is 5. The fraction of sp³-hybridized carbons (Fsp3) is 0.389. The Bertz CT molecular complexity index is 754. The quantitative estimate of drug-likeness (QED) is 0.805. The van der Waals surface area contributed by atoms with E-state index in [2.05, 4.69) is 15.7 Å². The summed E-state index contributed by atoms with van der Waals surface area (Å²) in [6.07, 6.45) is 3.76. The highest BCUT2D eigenvalue weighted by molar-refractivity contribution is 5.95. The summed E-state index contributed by atoms with van der Waals surface area (Å²) in [6, 6.07) is 6.73. The zero-order valence-corrected chi connectivity index (χ0v) is 14.4. The van der Waals surface area contributed by atoms with Crippen molar-refractivity contribution in [2.75, 3.05) is 25.0 Å². The van der Waals surface area contributed by atoms with Crippen molar-refractivity contribution >= 4 is 17.6 Å². The van der Waals surface area contributed by atoms with E-state index in [1.54, 1.807) is 35.9 Å². The molecule has 2 heterocycles. The van der Waals surface area contributed by atoms with Crippen LogP contribution in [0.15, 0.2) is 36.7 Å². The fourth-order valence-electron chi connectivity index (χ4n) is 3.08. The highest BCUT2D eigenvalue weighted by Gasteiger charge is 2.34. The third-order valence-electron chi connectivity index (χ3n) is 4.37. The Labute approximate surface area is 146 Å². The van der Waals surface area contributed by atoms with E-state index in [9.17, 15) is 9.59 Å². The lowest BCUT2D eigenvalue weighted by Crippen LogP contribution is -2.28. The summed E-state index contributed by atoms with van der Waals surface area (Å²) < 4.78 is 6.70. The molecule has 0 bridgehead atoms. The maximum atomic E-state index is 12.7. The highest BCUT2D eigenvalue weighted by atomic mass is 16.5. The maximum absolute atomic E-state index is 12.7. The first-order valence-corrected chi connectivity index (χ1v) is 8.35. The van der Waals surface area contributed by atoms with E-state index in [1.165, 1.54) is 0 Å². The number of carbonyl (C=O) groups excluding carboxylic acids is 2. The van der Waals surface area contributed by atoms with Crippen LogP contribution in [0.25, 0.3) is 0 Å². The topological polar surface area (TPSA) is 85.2 Å². The third kappa shape index (κ3) is 3.88. The predicted molar refractivity (Wildman–Crippen MR) is 93.3 cm³/mol. The van der Waals surface area contributed by atoms with Gasteiger partial charge in [-0.3, -0.25) is 9.48 Å². The molecule has 2 N–H and O–H groups in total. The van der Waals surface area contributed by atoms with Crippen molar-refractivity contribution < 1.29 is 14.3 Å². The first kappa shape index (κ1) is 17.2. The molecule has 2 atom stereocenters. The zero-order chi connectivity index (χ0) is 17.8. The fourth-order valence-corrected chi connectivity index (χ4v) is 3.08. The van der Waals surface area contributed by atoms with Gasteiger partial charge in [-0.05, 0) is 36.8 Å². The number of anilines is 1. The molecule has 0 saturated carbocycles. The van der Waals surface area contributed by atoms with E-state index in [1.807, 2.05) is 19.4 Å². The Hall–Kier alpha value is -2.67. The number of ether oxygens (including phenoxy) is 1. The summed E-state index contributed by atoms with van der Waals surface area (Å²) in [4.78, 5) is 24.3.